The molecule has 0 bridgehead atoms. The number of hydrogen-bond acceptors (Lipinski definition) is 13. The van der Waals surface area contributed by atoms with E-state index in [4.69, 9.17) is 18.9 Å². The molecule has 0 aromatic rings. The number of ether oxygens (including phenoxy) is 4. The van der Waals surface area contributed by atoms with Crippen LogP contribution < -0.4 is 5.32 Å². The number of aliphatic hydroxyl groups is 8. The van der Waals surface area contributed by atoms with Crippen molar-refractivity contribution in [2.75, 3.05) is 19.8 Å². The zero-order valence-electron chi connectivity index (χ0n) is 68.2. The Morgan fingerprint density at radius 2 is 0.660 bits per heavy atom. The van der Waals surface area contributed by atoms with Gasteiger partial charge in [-0.15, -0.1) is 0 Å². The number of carbonyl (C=O) groups is 1. The fourth-order valence-electron chi connectivity index (χ4n) is 14.6. The quantitative estimate of drug-likeness (QED) is 0.0204. The van der Waals surface area contributed by atoms with E-state index in [0.29, 0.717) is 12.8 Å². The minimum Gasteiger partial charge on any atom is -0.394 e. The first-order valence-corrected chi connectivity index (χ1v) is 44.8. The van der Waals surface area contributed by atoms with E-state index in [1.807, 2.05) is 6.08 Å². The Balaban J connectivity index is 1.58. The van der Waals surface area contributed by atoms with E-state index in [1.54, 1.807) is 6.08 Å². The normalized spacial score (nSPS) is 21.7. The zero-order valence-corrected chi connectivity index (χ0v) is 68.2. The van der Waals surface area contributed by atoms with Crippen molar-refractivity contribution in [1.82, 2.24) is 5.32 Å². The number of rotatable bonds is 76. The number of amides is 1. The topological polar surface area (TPSA) is 228 Å². The molecule has 14 heteroatoms. The third-order valence-corrected chi connectivity index (χ3v) is 21.5. The van der Waals surface area contributed by atoms with E-state index >= 15 is 0 Å². The molecule has 0 aliphatic carbocycles. The lowest BCUT2D eigenvalue weighted by Gasteiger charge is -2.46. The molecule has 1 amide bonds. The standard InChI is InChI=1S/C92H167NO13/c1-3-5-7-9-11-13-15-17-19-21-23-25-27-29-31-33-35-37-38-39-40-41-42-44-46-48-50-52-54-56-58-60-62-64-66-68-70-72-74-76-84(97)93-80(79-103-91-89(102)87(100)90(83(78-95)105-91)106-92-88(101)86(99)85(98)82(77-94)104-92)81(96)75-73-71-69-67-65-63-61-59-57-55-53-51-49-47-45-43-36-34-32-30-28-26-24-22-20-18-16-14-12-10-8-6-4-2/h5,7,11,13,17,19,23,25,57,59,65,67,73,75,80-83,85-92,94-96,98-102H,3-4,6,8-10,12,14-16,18,20-22,24,26-56,58,60-64,66,68-72,74,76-79H2,1-2H3,(H,93,97)/b7-5-,13-11-,19-17-,25-23-,59-57+,67-65+,75-73+. The summed E-state index contributed by atoms with van der Waals surface area (Å²) in [5.74, 6) is -0.247. The first-order chi connectivity index (χ1) is 52.1. The summed E-state index contributed by atoms with van der Waals surface area (Å²) < 4.78 is 22.9. The van der Waals surface area contributed by atoms with Crippen molar-refractivity contribution in [2.45, 2.75) is 473 Å². The van der Waals surface area contributed by atoms with Gasteiger partial charge in [0.1, 0.15) is 48.8 Å². The summed E-state index contributed by atoms with van der Waals surface area (Å²) in [6.45, 7) is 2.72. The Hall–Kier alpha value is -2.83. The number of carbonyl (C=O) groups excluding carboxylic acids is 1. The third kappa shape index (κ3) is 56.4. The monoisotopic (exact) mass is 1490 g/mol. The molecule has 0 spiro atoms. The van der Waals surface area contributed by atoms with Crippen molar-refractivity contribution in [2.24, 2.45) is 0 Å². The van der Waals surface area contributed by atoms with Crippen LogP contribution in [0.15, 0.2) is 85.1 Å². The van der Waals surface area contributed by atoms with Gasteiger partial charge in [0.05, 0.1) is 32.0 Å². The lowest BCUT2D eigenvalue weighted by molar-refractivity contribution is -0.359. The molecule has 106 heavy (non-hydrogen) atoms. The van der Waals surface area contributed by atoms with Gasteiger partial charge in [0.25, 0.3) is 0 Å². The molecule has 2 fully saturated rings. The van der Waals surface area contributed by atoms with E-state index in [2.05, 4.69) is 92.1 Å². The van der Waals surface area contributed by atoms with Crippen LogP contribution in [0.1, 0.15) is 399 Å². The second-order valence-corrected chi connectivity index (χ2v) is 31.3. The predicted octanol–water partition coefficient (Wildman–Crippen LogP) is 21.8. The summed E-state index contributed by atoms with van der Waals surface area (Å²) in [6.07, 6.45) is 90.0. The van der Waals surface area contributed by atoms with Gasteiger partial charge in [-0.25, -0.2) is 0 Å². The molecule has 9 N–H and O–H groups in total. The van der Waals surface area contributed by atoms with Gasteiger partial charge in [-0.3, -0.25) is 4.79 Å². The molecule has 12 unspecified atom stereocenters. The average molecular weight is 1500 g/mol. The highest BCUT2D eigenvalue weighted by molar-refractivity contribution is 5.76. The molecule has 618 valence electrons. The largest absolute Gasteiger partial charge is 0.394 e. The summed E-state index contributed by atoms with van der Waals surface area (Å²) >= 11 is 0. The second kappa shape index (κ2) is 74.9. The zero-order chi connectivity index (χ0) is 76.5. The highest BCUT2D eigenvalue weighted by Gasteiger charge is 2.51. The van der Waals surface area contributed by atoms with Crippen LogP contribution in [0.3, 0.4) is 0 Å². The fraction of sp³-hybridized carbons (Fsp3) is 0.837. The Bertz CT molecular complexity index is 2110. The molecule has 0 radical (unpaired) electrons. The molecule has 2 aliphatic heterocycles. The maximum absolute atomic E-state index is 13.4. The summed E-state index contributed by atoms with van der Waals surface area (Å²) in [4.78, 5) is 13.4. The number of allylic oxidation sites excluding steroid dienone is 13. The predicted molar refractivity (Wildman–Crippen MR) is 443 cm³/mol. The lowest BCUT2D eigenvalue weighted by Crippen LogP contribution is -2.65. The van der Waals surface area contributed by atoms with Gasteiger partial charge in [0.2, 0.25) is 5.91 Å². The fourth-order valence-corrected chi connectivity index (χ4v) is 14.6. The third-order valence-electron chi connectivity index (χ3n) is 21.5. The summed E-state index contributed by atoms with van der Waals surface area (Å²) in [7, 11) is 0. The molecule has 14 nitrogen and oxygen atoms in total. The van der Waals surface area contributed by atoms with Gasteiger partial charge in [-0.1, -0.05) is 394 Å². The molecular formula is C92H167NO13. The summed E-state index contributed by atoms with van der Waals surface area (Å²) in [5, 5.41) is 87.8. The summed E-state index contributed by atoms with van der Waals surface area (Å²) in [6, 6.07) is -0.942. The molecule has 2 saturated heterocycles. The van der Waals surface area contributed by atoms with Gasteiger partial charge in [0, 0.05) is 6.42 Å². The SMILES string of the molecule is CC/C=C\C/C=C\C/C=C\C/C=C\CCCCCCCCCCCCCCCCCCCCCCCCCCCCC(=O)NC(COC1OC(CO)C(OC2OC(CO)C(O)C(O)C2O)C(O)C1O)C(O)/C=C/CC/C=C/CC/C=C/CCCCCCCCCCCCCCCCCCCCCCCCC. The van der Waals surface area contributed by atoms with Crippen LogP contribution in [0.25, 0.3) is 0 Å². The first kappa shape index (κ1) is 99.2. The molecule has 2 heterocycles. The maximum Gasteiger partial charge on any atom is 0.220 e. The van der Waals surface area contributed by atoms with Crippen LogP contribution in [0.2, 0.25) is 0 Å². The van der Waals surface area contributed by atoms with Gasteiger partial charge in [-0.05, 0) is 83.5 Å². The number of nitrogens with one attached hydrogen (secondary N) is 1. The molecule has 0 aromatic carbocycles. The lowest BCUT2D eigenvalue weighted by atomic mass is 9.97. The molecule has 2 rings (SSSR count). The van der Waals surface area contributed by atoms with Crippen molar-refractivity contribution in [3.63, 3.8) is 0 Å². The number of aliphatic hydroxyl groups excluding tert-OH is 8. The van der Waals surface area contributed by atoms with Crippen LogP contribution in [0.5, 0.6) is 0 Å². The highest BCUT2D eigenvalue weighted by Crippen LogP contribution is 2.31. The van der Waals surface area contributed by atoms with E-state index in [0.717, 1.165) is 70.6 Å². The Morgan fingerprint density at radius 3 is 1.04 bits per heavy atom. The molecule has 0 saturated carbocycles. The minimum atomic E-state index is -1.80. The van der Waals surface area contributed by atoms with Crippen molar-refractivity contribution < 1.29 is 64.6 Å². The van der Waals surface area contributed by atoms with E-state index < -0.39 is 86.8 Å². The summed E-state index contributed by atoms with van der Waals surface area (Å²) in [5.41, 5.74) is 0. The Kier molecular flexibility index (Phi) is 70.1. The minimum absolute atomic E-state index is 0.247. The second-order valence-electron chi connectivity index (χ2n) is 31.3. The molecule has 2 aliphatic rings. The van der Waals surface area contributed by atoms with E-state index in [9.17, 15) is 45.6 Å². The molecular weight excluding hydrogens is 1330 g/mol. The van der Waals surface area contributed by atoms with Crippen molar-refractivity contribution >= 4 is 5.91 Å². The van der Waals surface area contributed by atoms with Gasteiger partial charge in [-0.2, -0.15) is 0 Å². The van der Waals surface area contributed by atoms with Crippen molar-refractivity contribution in [3.05, 3.63) is 85.1 Å². The smallest absolute Gasteiger partial charge is 0.220 e. The molecule has 0 aromatic heterocycles. The van der Waals surface area contributed by atoms with Gasteiger partial charge < -0.3 is 65.1 Å². The first-order valence-electron chi connectivity index (χ1n) is 44.8. The van der Waals surface area contributed by atoms with Gasteiger partial charge >= 0.3 is 0 Å². The molecule has 12 atom stereocenters. The van der Waals surface area contributed by atoms with Crippen molar-refractivity contribution in [1.29, 1.82) is 0 Å². The maximum atomic E-state index is 13.4. The van der Waals surface area contributed by atoms with Crippen LogP contribution in [-0.4, -0.2) is 140 Å². The average Bonchev–Trinajstić information content (AvgIpc) is 0.789. The van der Waals surface area contributed by atoms with Crippen LogP contribution in [0.4, 0.5) is 0 Å². The van der Waals surface area contributed by atoms with Crippen molar-refractivity contribution in [3.8, 4) is 0 Å². The van der Waals surface area contributed by atoms with Crippen LogP contribution in [-0.2, 0) is 23.7 Å². The Labute approximate surface area is 650 Å². The Morgan fingerprint density at radius 1 is 0.349 bits per heavy atom. The number of unbranched alkanes of at least 4 members (excludes halogenated alkanes) is 51. The van der Waals surface area contributed by atoms with Crippen LogP contribution >= 0.6 is 0 Å². The number of hydrogen-bond donors (Lipinski definition) is 9. The van der Waals surface area contributed by atoms with Crippen LogP contribution in [0, 0.1) is 0 Å². The highest BCUT2D eigenvalue weighted by atomic mass is 16.7. The van der Waals surface area contributed by atoms with E-state index in [1.165, 1.54) is 295 Å². The van der Waals surface area contributed by atoms with Gasteiger partial charge in [0.15, 0.2) is 12.6 Å². The van der Waals surface area contributed by atoms with E-state index in [-0.39, 0.29) is 18.9 Å².